The van der Waals surface area contributed by atoms with Crippen molar-refractivity contribution in [1.29, 1.82) is 0 Å². The van der Waals surface area contributed by atoms with Gasteiger partial charge in [0.05, 0.1) is 25.2 Å². The molecule has 0 aliphatic carbocycles. The van der Waals surface area contributed by atoms with Crippen LogP contribution in [0.15, 0.2) is 60.8 Å². The van der Waals surface area contributed by atoms with Crippen molar-refractivity contribution in [3.63, 3.8) is 0 Å². The summed E-state index contributed by atoms with van der Waals surface area (Å²) in [7, 11) is 0. The number of nitrogens with zero attached hydrogens (tertiary/aromatic N) is 4. The molecule has 0 fully saturated rings. The number of pyridine rings is 1. The second-order valence-electron chi connectivity index (χ2n) is 6.46. The van der Waals surface area contributed by atoms with Gasteiger partial charge < -0.3 is 0 Å². The van der Waals surface area contributed by atoms with Crippen LogP contribution < -0.4 is 0 Å². The fourth-order valence-electron chi connectivity index (χ4n) is 3.99. The highest BCUT2D eigenvalue weighted by molar-refractivity contribution is 6.34. The predicted molar refractivity (Wildman–Crippen MR) is 113 cm³/mol. The molecule has 4 heteroatoms. The maximum absolute atomic E-state index is 7.80. The van der Waals surface area contributed by atoms with E-state index in [1.165, 1.54) is 0 Å². The molecular weight excluding hydrogens is 344 g/mol. The summed E-state index contributed by atoms with van der Waals surface area (Å²) in [5, 5.41) is 6.31. The van der Waals surface area contributed by atoms with E-state index in [0.29, 0.717) is 0 Å². The Morgan fingerprint density at radius 1 is 0.643 bits per heavy atom. The molecule has 1 aromatic heterocycles. The number of aromatic nitrogens is 1. The monoisotopic (exact) mass is 354 g/mol. The lowest BCUT2D eigenvalue weighted by molar-refractivity contribution is 1.43. The molecule has 0 atom stereocenters. The van der Waals surface area contributed by atoms with E-state index in [0.717, 1.165) is 43.2 Å². The van der Waals surface area contributed by atoms with Gasteiger partial charge in [0.2, 0.25) is 5.69 Å². The van der Waals surface area contributed by atoms with E-state index < -0.39 is 0 Å². The van der Waals surface area contributed by atoms with Crippen LogP contribution in [-0.4, -0.2) is 4.98 Å². The third-order valence-corrected chi connectivity index (χ3v) is 5.13. The summed E-state index contributed by atoms with van der Waals surface area (Å²) >= 11 is 0. The predicted octanol–water partition coefficient (Wildman–Crippen LogP) is 7.35. The lowest BCUT2D eigenvalue weighted by Crippen LogP contribution is -1.88. The fraction of sp³-hybridized carbons (Fsp3) is 0. The summed E-state index contributed by atoms with van der Waals surface area (Å²) in [6.45, 7) is 22.9. The maximum atomic E-state index is 7.80. The van der Waals surface area contributed by atoms with Gasteiger partial charge in [-0.3, -0.25) is 19.5 Å². The largest absolute Gasteiger partial charge is 0.262 e. The van der Waals surface area contributed by atoms with E-state index in [1.54, 1.807) is 12.3 Å². The molecule has 0 aliphatic rings. The highest BCUT2D eigenvalue weighted by atomic mass is 14.8. The van der Waals surface area contributed by atoms with Crippen molar-refractivity contribution in [2.24, 2.45) is 0 Å². The van der Waals surface area contributed by atoms with Gasteiger partial charge in [0.1, 0.15) is 0 Å². The highest BCUT2D eigenvalue weighted by Gasteiger charge is 2.20. The number of benzene rings is 4. The summed E-state index contributed by atoms with van der Waals surface area (Å²) < 4.78 is 0. The molecule has 0 spiro atoms. The first-order valence-electron chi connectivity index (χ1n) is 8.59. The van der Waals surface area contributed by atoms with E-state index >= 15 is 0 Å². The molecule has 28 heavy (non-hydrogen) atoms. The average molecular weight is 354 g/mol. The Balaban J connectivity index is 2.27. The van der Waals surface area contributed by atoms with Crippen LogP contribution in [-0.2, 0) is 0 Å². The molecule has 1 heterocycles. The Bertz CT molecular complexity index is 1590. The molecule has 0 saturated carbocycles. The molecule has 4 aromatic carbocycles. The number of hydrogen-bond donors (Lipinski definition) is 0. The van der Waals surface area contributed by atoms with Crippen LogP contribution in [0.1, 0.15) is 0 Å². The van der Waals surface area contributed by atoms with E-state index in [9.17, 15) is 0 Å². The van der Waals surface area contributed by atoms with Gasteiger partial charge in [-0.2, -0.15) is 0 Å². The molecular formula is C24H10N4. The van der Waals surface area contributed by atoms with Gasteiger partial charge in [-0.15, -0.1) is 0 Å². The first-order chi connectivity index (χ1) is 13.8. The van der Waals surface area contributed by atoms with Crippen molar-refractivity contribution in [1.82, 2.24) is 4.98 Å². The second kappa shape index (κ2) is 5.78. The Morgan fingerprint density at radius 3 is 2.21 bits per heavy atom. The molecule has 0 amide bonds. The number of hydrogen-bond acceptors (Lipinski definition) is 1. The van der Waals surface area contributed by atoms with Gasteiger partial charge in [-0.25, -0.2) is 0 Å². The van der Waals surface area contributed by atoms with Gasteiger partial charge in [-0.05, 0) is 33.0 Å². The summed E-state index contributed by atoms with van der Waals surface area (Å²) in [5.74, 6) is 0. The number of fused-ring (bicyclic) bond motifs is 8. The molecule has 0 bridgehead atoms. The van der Waals surface area contributed by atoms with Crippen molar-refractivity contribution < 1.29 is 0 Å². The van der Waals surface area contributed by atoms with Crippen LogP contribution in [0, 0.1) is 19.7 Å². The standard InChI is InChI=1S/C24H10N4/c1-25-19-13-18-16-9-6-12-28-22(16)17-11-10-14-7-4-5-8-15(14)20(17)21(18)24(27-3)23(19)26-2/h4-13H. The zero-order valence-electron chi connectivity index (χ0n) is 14.6. The zero-order chi connectivity index (χ0) is 19.3. The Morgan fingerprint density at radius 2 is 1.43 bits per heavy atom. The summed E-state index contributed by atoms with van der Waals surface area (Å²) in [6, 6.07) is 17.6. The summed E-state index contributed by atoms with van der Waals surface area (Å²) in [4.78, 5) is 15.4. The molecule has 0 N–H and O–H groups in total. The first kappa shape index (κ1) is 15.8. The van der Waals surface area contributed by atoms with Crippen LogP contribution in [0.4, 0.5) is 17.1 Å². The van der Waals surface area contributed by atoms with Crippen molar-refractivity contribution >= 4 is 60.3 Å². The second-order valence-corrected chi connectivity index (χ2v) is 6.46. The zero-order valence-corrected chi connectivity index (χ0v) is 14.6. The van der Waals surface area contributed by atoms with Gasteiger partial charge in [0.15, 0.2) is 11.4 Å². The van der Waals surface area contributed by atoms with Gasteiger partial charge in [0.25, 0.3) is 0 Å². The highest BCUT2D eigenvalue weighted by Crippen LogP contribution is 2.50. The van der Waals surface area contributed by atoms with E-state index in [2.05, 4.69) is 25.6 Å². The van der Waals surface area contributed by atoms with Crippen molar-refractivity contribution in [3.8, 4) is 0 Å². The quantitative estimate of drug-likeness (QED) is 0.211. The SMILES string of the molecule is [C-]#[N+]c1cc2c3cccnc3c3ccc4ccccc4c3c2c([N+]#[C-])c1[N+]#[C-]. The minimum atomic E-state index is 0.120. The van der Waals surface area contributed by atoms with Crippen LogP contribution in [0.5, 0.6) is 0 Å². The summed E-state index contributed by atoms with van der Waals surface area (Å²) in [6.07, 6.45) is 1.75. The number of rotatable bonds is 0. The van der Waals surface area contributed by atoms with Crippen LogP contribution in [0.3, 0.4) is 0 Å². The van der Waals surface area contributed by atoms with E-state index in [4.69, 9.17) is 19.7 Å². The third kappa shape index (κ3) is 1.93. The smallest absolute Gasteiger partial charge is 0.201 e. The maximum Gasteiger partial charge on any atom is 0.201 e. The average Bonchev–Trinajstić information content (AvgIpc) is 2.77. The molecule has 0 unspecified atom stereocenters. The van der Waals surface area contributed by atoms with E-state index in [-0.39, 0.29) is 17.1 Å². The Kier molecular flexibility index (Phi) is 3.25. The molecule has 5 aromatic rings. The molecule has 0 saturated heterocycles. The molecule has 0 aliphatic heterocycles. The third-order valence-electron chi connectivity index (χ3n) is 5.13. The van der Waals surface area contributed by atoms with Crippen molar-refractivity contribution in [2.75, 3.05) is 0 Å². The minimum Gasteiger partial charge on any atom is -0.262 e. The van der Waals surface area contributed by atoms with Gasteiger partial charge in [-0.1, -0.05) is 48.5 Å². The lowest BCUT2D eigenvalue weighted by atomic mass is 9.91. The van der Waals surface area contributed by atoms with Crippen molar-refractivity contribution in [3.05, 3.63) is 95.0 Å². The lowest BCUT2D eigenvalue weighted by Gasteiger charge is -2.15. The minimum absolute atomic E-state index is 0.120. The summed E-state index contributed by atoms with van der Waals surface area (Å²) in [5.41, 5.74) is 1.40. The Labute approximate surface area is 160 Å². The van der Waals surface area contributed by atoms with Gasteiger partial charge >= 0.3 is 0 Å². The van der Waals surface area contributed by atoms with Crippen LogP contribution in [0.25, 0.3) is 57.8 Å². The Hall–Kier alpha value is -4.46. The molecule has 126 valence electrons. The van der Waals surface area contributed by atoms with Crippen LogP contribution in [0.2, 0.25) is 0 Å². The molecule has 0 radical (unpaired) electrons. The van der Waals surface area contributed by atoms with Crippen molar-refractivity contribution in [2.45, 2.75) is 0 Å². The van der Waals surface area contributed by atoms with E-state index in [1.807, 2.05) is 42.5 Å². The topological polar surface area (TPSA) is 26.0 Å². The first-order valence-corrected chi connectivity index (χ1v) is 8.59. The van der Waals surface area contributed by atoms with Crippen LogP contribution >= 0.6 is 0 Å². The van der Waals surface area contributed by atoms with Gasteiger partial charge in [0, 0.05) is 17.0 Å². The normalized spacial score (nSPS) is 10.8. The molecule has 5 rings (SSSR count). The fourth-order valence-corrected chi connectivity index (χ4v) is 3.99. The molecule has 4 nitrogen and oxygen atoms in total.